The van der Waals surface area contributed by atoms with Crippen LogP contribution in [0.1, 0.15) is 5.56 Å². The molecule has 0 spiro atoms. The fraction of sp³-hybridized carbons (Fsp3) is 0.0741. The van der Waals surface area contributed by atoms with Crippen LogP contribution in [0.2, 0.25) is 0 Å². The highest BCUT2D eigenvalue weighted by atomic mass is 32.2. The van der Waals surface area contributed by atoms with Gasteiger partial charge in [0, 0.05) is 16.7 Å². The minimum absolute atomic E-state index is 0.146. The molecule has 7 nitrogen and oxygen atoms in total. The number of nitrogen functional groups attached to an aromatic ring is 1. The summed E-state index contributed by atoms with van der Waals surface area (Å²) in [4.78, 5) is 23.4. The van der Waals surface area contributed by atoms with Crippen molar-refractivity contribution in [2.45, 2.75) is 11.8 Å². The van der Waals surface area contributed by atoms with Gasteiger partial charge >= 0.3 is 0 Å². The number of benzene rings is 3. The van der Waals surface area contributed by atoms with Crippen molar-refractivity contribution in [1.82, 2.24) is 14.5 Å². The van der Waals surface area contributed by atoms with Crippen LogP contribution in [0.15, 0.2) is 94.7 Å². The first-order chi connectivity index (χ1) is 17.0. The van der Waals surface area contributed by atoms with Crippen LogP contribution in [0.25, 0.3) is 27.7 Å². The van der Waals surface area contributed by atoms with Crippen LogP contribution >= 0.6 is 11.9 Å². The number of hydrogen-bond donors (Lipinski definition) is 2. The summed E-state index contributed by atoms with van der Waals surface area (Å²) in [5.41, 5.74) is 10.7. The molecule has 35 heavy (non-hydrogen) atoms. The number of nitrogens with zero attached hydrogens (tertiary/aromatic N) is 3. The van der Waals surface area contributed by atoms with Gasteiger partial charge in [-0.05, 0) is 72.5 Å². The molecule has 0 aliphatic rings. The van der Waals surface area contributed by atoms with Crippen molar-refractivity contribution < 1.29 is 4.74 Å². The number of para-hydroxylation sites is 1. The van der Waals surface area contributed by atoms with Crippen LogP contribution in [-0.4, -0.2) is 21.6 Å². The molecule has 0 saturated carbocycles. The SMILES string of the molecule is COc1ncc(-c2ccc3nc(N)n(-c4ccccc4)c(=O)c3c2)cc1NSc1cccc(C)c1. The molecule has 3 N–H and O–H groups in total. The molecule has 0 bridgehead atoms. The predicted octanol–water partition coefficient (Wildman–Crippen LogP) is 5.47. The smallest absolute Gasteiger partial charge is 0.267 e. The van der Waals surface area contributed by atoms with Crippen molar-refractivity contribution in [3.05, 3.63) is 101 Å². The van der Waals surface area contributed by atoms with Gasteiger partial charge in [0.2, 0.25) is 11.8 Å². The molecule has 5 rings (SSSR count). The molecule has 0 amide bonds. The largest absolute Gasteiger partial charge is 0.480 e. The first-order valence-electron chi connectivity index (χ1n) is 10.9. The van der Waals surface area contributed by atoms with E-state index in [0.717, 1.165) is 21.7 Å². The van der Waals surface area contributed by atoms with Crippen molar-refractivity contribution in [2.24, 2.45) is 0 Å². The lowest BCUT2D eigenvalue weighted by Crippen LogP contribution is -2.23. The Bertz CT molecular complexity index is 1580. The maximum Gasteiger partial charge on any atom is 0.267 e. The summed E-state index contributed by atoms with van der Waals surface area (Å²) in [6.07, 6.45) is 1.73. The maximum atomic E-state index is 13.4. The van der Waals surface area contributed by atoms with E-state index in [1.807, 2.05) is 60.7 Å². The molecule has 0 radical (unpaired) electrons. The van der Waals surface area contributed by atoms with Crippen molar-refractivity contribution in [3.8, 4) is 22.7 Å². The third kappa shape index (κ3) is 4.56. The predicted molar refractivity (Wildman–Crippen MR) is 142 cm³/mol. The number of pyridine rings is 1. The van der Waals surface area contributed by atoms with E-state index in [1.54, 1.807) is 19.4 Å². The summed E-state index contributed by atoms with van der Waals surface area (Å²) in [6, 6.07) is 24.9. The lowest BCUT2D eigenvalue weighted by atomic mass is 10.0. The monoisotopic (exact) mass is 481 g/mol. The highest BCUT2D eigenvalue weighted by Crippen LogP contribution is 2.32. The van der Waals surface area contributed by atoms with Gasteiger partial charge in [-0.2, -0.15) is 0 Å². The van der Waals surface area contributed by atoms with E-state index in [2.05, 4.69) is 33.7 Å². The zero-order valence-electron chi connectivity index (χ0n) is 19.2. The van der Waals surface area contributed by atoms with Gasteiger partial charge in [0.1, 0.15) is 5.69 Å². The molecule has 0 atom stereocenters. The van der Waals surface area contributed by atoms with Gasteiger partial charge in [-0.1, -0.05) is 36.4 Å². The van der Waals surface area contributed by atoms with Gasteiger partial charge in [0.25, 0.3) is 5.56 Å². The van der Waals surface area contributed by atoms with Gasteiger partial charge < -0.3 is 15.2 Å². The quantitative estimate of drug-likeness (QED) is 0.311. The summed E-state index contributed by atoms with van der Waals surface area (Å²) in [5.74, 6) is 0.628. The summed E-state index contributed by atoms with van der Waals surface area (Å²) >= 11 is 1.48. The average molecular weight is 482 g/mol. The number of nitrogens with two attached hydrogens (primary N) is 1. The number of hydrogen-bond acceptors (Lipinski definition) is 7. The molecule has 2 aromatic heterocycles. The summed E-state index contributed by atoms with van der Waals surface area (Å²) < 4.78 is 10.2. The zero-order valence-corrected chi connectivity index (χ0v) is 20.0. The van der Waals surface area contributed by atoms with Gasteiger partial charge in [0.15, 0.2) is 0 Å². The number of methoxy groups -OCH3 is 1. The number of nitrogens with one attached hydrogen (secondary N) is 1. The van der Waals surface area contributed by atoms with E-state index in [9.17, 15) is 4.79 Å². The molecule has 0 unspecified atom stereocenters. The number of aryl methyl sites for hydroxylation is 1. The lowest BCUT2D eigenvalue weighted by molar-refractivity contribution is 0.400. The Morgan fingerprint density at radius 2 is 1.80 bits per heavy atom. The highest BCUT2D eigenvalue weighted by molar-refractivity contribution is 8.00. The maximum absolute atomic E-state index is 13.4. The van der Waals surface area contributed by atoms with Gasteiger partial charge in [-0.15, -0.1) is 0 Å². The molecular weight excluding hydrogens is 458 g/mol. The number of ether oxygens (including phenoxy) is 1. The molecule has 0 aliphatic carbocycles. The summed E-state index contributed by atoms with van der Waals surface area (Å²) in [5, 5.41) is 0.472. The highest BCUT2D eigenvalue weighted by Gasteiger charge is 2.13. The Morgan fingerprint density at radius 3 is 2.57 bits per heavy atom. The van der Waals surface area contributed by atoms with Gasteiger partial charge in [-0.3, -0.25) is 4.79 Å². The Labute approximate surface area is 206 Å². The Hall–Kier alpha value is -4.30. The second-order valence-electron chi connectivity index (χ2n) is 7.98. The first-order valence-corrected chi connectivity index (χ1v) is 11.8. The lowest BCUT2D eigenvalue weighted by Gasteiger charge is -2.13. The second-order valence-corrected chi connectivity index (χ2v) is 8.86. The third-order valence-corrected chi connectivity index (χ3v) is 6.37. The van der Waals surface area contributed by atoms with E-state index >= 15 is 0 Å². The molecule has 3 aromatic carbocycles. The minimum atomic E-state index is -0.227. The number of fused-ring (bicyclic) bond motifs is 1. The molecule has 0 aliphatic heterocycles. The van der Waals surface area contributed by atoms with Crippen molar-refractivity contribution >= 4 is 34.5 Å². The normalized spacial score (nSPS) is 10.9. The summed E-state index contributed by atoms with van der Waals surface area (Å²) in [6.45, 7) is 2.06. The van der Waals surface area contributed by atoms with Crippen LogP contribution in [0, 0.1) is 6.92 Å². The standard InChI is InChI=1S/C27H23N5O2S/c1-17-7-6-10-21(13-17)35-31-24-15-19(16-29-25(24)34-2)18-11-12-23-22(14-18)26(33)32(27(28)30-23)20-8-4-3-5-9-20/h3-16,31H,1-2H3,(H2,28,30). The van der Waals surface area contributed by atoms with Crippen molar-refractivity contribution in [3.63, 3.8) is 0 Å². The zero-order chi connectivity index (χ0) is 24.4. The van der Waals surface area contributed by atoms with Crippen LogP contribution in [0.3, 0.4) is 0 Å². The van der Waals surface area contributed by atoms with Crippen molar-refractivity contribution in [1.29, 1.82) is 0 Å². The second kappa shape index (κ2) is 9.52. The fourth-order valence-electron chi connectivity index (χ4n) is 3.85. The first kappa shape index (κ1) is 22.5. The molecule has 0 saturated heterocycles. The van der Waals surface area contributed by atoms with E-state index in [-0.39, 0.29) is 11.5 Å². The average Bonchev–Trinajstić information content (AvgIpc) is 2.88. The van der Waals surface area contributed by atoms with E-state index in [1.165, 1.54) is 22.1 Å². The Morgan fingerprint density at radius 1 is 0.971 bits per heavy atom. The molecule has 0 fully saturated rings. The van der Waals surface area contributed by atoms with Gasteiger partial charge in [0.05, 0.1) is 23.7 Å². The number of aromatic nitrogens is 3. The fourth-order valence-corrected chi connectivity index (χ4v) is 4.61. The van der Waals surface area contributed by atoms with E-state index < -0.39 is 0 Å². The molecule has 174 valence electrons. The van der Waals surface area contributed by atoms with Crippen LogP contribution in [-0.2, 0) is 0 Å². The molecule has 2 heterocycles. The third-order valence-electron chi connectivity index (χ3n) is 5.55. The minimum Gasteiger partial charge on any atom is -0.480 e. The molecule has 8 heteroatoms. The molecular formula is C27H23N5O2S. The molecule has 5 aromatic rings. The Kier molecular flexibility index (Phi) is 6.12. The van der Waals surface area contributed by atoms with Gasteiger partial charge in [-0.25, -0.2) is 14.5 Å². The van der Waals surface area contributed by atoms with Crippen molar-refractivity contribution in [2.75, 3.05) is 17.6 Å². The number of rotatable bonds is 6. The summed E-state index contributed by atoms with van der Waals surface area (Å²) in [7, 11) is 1.59. The Balaban J connectivity index is 1.54. The van der Waals surface area contributed by atoms with E-state index in [4.69, 9.17) is 10.5 Å². The van der Waals surface area contributed by atoms with Crippen LogP contribution in [0.5, 0.6) is 5.88 Å². The number of anilines is 2. The van der Waals surface area contributed by atoms with Crippen LogP contribution < -0.4 is 20.8 Å². The topological polar surface area (TPSA) is 95.1 Å². The van der Waals surface area contributed by atoms with Crippen LogP contribution in [0.4, 0.5) is 11.6 Å². The van der Waals surface area contributed by atoms with E-state index in [0.29, 0.717) is 22.5 Å².